The first-order valence-electron chi connectivity index (χ1n) is 6.06. The lowest BCUT2D eigenvalue weighted by molar-refractivity contribution is -0.131. The summed E-state index contributed by atoms with van der Waals surface area (Å²) in [5.74, 6) is 2.50. The van der Waals surface area contributed by atoms with Crippen LogP contribution in [-0.2, 0) is 4.79 Å². The Hall–Kier alpha value is -0.370. The topological polar surface area (TPSA) is 43.1 Å². The van der Waals surface area contributed by atoms with Gasteiger partial charge in [-0.25, -0.2) is 0 Å². The number of carbonyl (C=O) groups excluding carboxylic acids is 1. The highest BCUT2D eigenvalue weighted by molar-refractivity contribution is 5.85. The molecule has 2 N–H and O–H groups in total. The van der Waals surface area contributed by atoms with Gasteiger partial charge in [-0.2, -0.15) is 0 Å². The lowest BCUT2D eigenvalue weighted by Crippen LogP contribution is -2.43. The molecule has 78 valence electrons. The molecule has 0 aliphatic heterocycles. The largest absolute Gasteiger partial charge is 0.327 e. The van der Waals surface area contributed by atoms with E-state index in [1.807, 2.05) is 0 Å². The number of ketones is 1. The van der Waals surface area contributed by atoms with Crippen LogP contribution in [0.1, 0.15) is 38.5 Å². The molecule has 2 bridgehead atoms. The van der Waals surface area contributed by atoms with E-state index in [2.05, 4.69) is 0 Å². The van der Waals surface area contributed by atoms with Crippen LogP contribution in [0.15, 0.2) is 0 Å². The maximum absolute atomic E-state index is 12.1. The van der Waals surface area contributed by atoms with E-state index in [4.69, 9.17) is 5.73 Å². The van der Waals surface area contributed by atoms with Crippen molar-refractivity contribution in [2.75, 3.05) is 0 Å². The van der Waals surface area contributed by atoms with Crippen LogP contribution in [0.3, 0.4) is 0 Å². The number of Topliss-reactive ketones (excluding diaryl/α,β-unsaturated/α-hetero) is 1. The molecule has 0 amide bonds. The summed E-state index contributed by atoms with van der Waals surface area (Å²) in [5, 5.41) is 0. The fraction of sp³-hybridized carbons (Fsp3) is 0.917. The summed E-state index contributed by atoms with van der Waals surface area (Å²) in [4.78, 5) is 12.1. The van der Waals surface area contributed by atoms with Crippen LogP contribution in [0.2, 0.25) is 0 Å². The Morgan fingerprint density at radius 2 is 1.79 bits per heavy atom. The highest BCUT2D eigenvalue weighted by Crippen LogP contribution is 2.49. The molecular formula is C12H19NO. The van der Waals surface area contributed by atoms with Gasteiger partial charge < -0.3 is 5.73 Å². The quantitative estimate of drug-likeness (QED) is 0.725. The van der Waals surface area contributed by atoms with Gasteiger partial charge in [0.25, 0.3) is 0 Å². The summed E-state index contributed by atoms with van der Waals surface area (Å²) in [6.45, 7) is 0. The Kier molecular flexibility index (Phi) is 1.94. The first-order chi connectivity index (χ1) is 6.77. The lowest BCUT2D eigenvalue weighted by atomic mass is 9.72. The highest BCUT2D eigenvalue weighted by atomic mass is 16.1. The zero-order valence-electron chi connectivity index (χ0n) is 8.61. The minimum atomic E-state index is 0.210. The molecule has 0 aromatic heterocycles. The van der Waals surface area contributed by atoms with Crippen LogP contribution in [0, 0.1) is 23.7 Å². The molecule has 14 heavy (non-hydrogen) atoms. The summed E-state index contributed by atoms with van der Waals surface area (Å²) in [6.07, 6.45) is 7.32. The molecule has 0 aromatic rings. The van der Waals surface area contributed by atoms with Crippen LogP contribution in [0.25, 0.3) is 0 Å². The normalized spacial score (nSPS) is 46.6. The predicted octanol–water partition coefficient (Wildman–Crippen LogP) is 1.73. The van der Waals surface area contributed by atoms with E-state index in [9.17, 15) is 4.79 Å². The molecule has 0 heterocycles. The van der Waals surface area contributed by atoms with Gasteiger partial charge in [0.05, 0.1) is 0 Å². The maximum Gasteiger partial charge on any atom is 0.140 e. The number of hydrogen-bond donors (Lipinski definition) is 1. The second kappa shape index (κ2) is 3.06. The van der Waals surface area contributed by atoms with Crippen molar-refractivity contribution in [1.82, 2.24) is 0 Å². The molecule has 3 fully saturated rings. The third-order valence-corrected chi connectivity index (χ3v) is 4.82. The van der Waals surface area contributed by atoms with Crippen molar-refractivity contribution in [3.05, 3.63) is 0 Å². The van der Waals surface area contributed by atoms with Crippen molar-refractivity contribution in [2.45, 2.75) is 44.6 Å². The van der Waals surface area contributed by atoms with E-state index >= 15 is 0 Å². The average molecular weight is 193 g/mol. The number of hydrogen-bond acceptors (Lipinski definition) is 2. The van der Waals surface area contributed by atoms with Gasteiger partial charge in [0.1, 0.15) is 5.78 Å². The Morgan fingerprint density at radius 1 is 1.07 bits per heavy atom. The van der Waals surface area contributed by atoms with Crippen molar-refractivity contribution >= 4 is 5.78 Å². The van der Waals surface area contributed by atoms with Crippen LogP contribution >= 0.6 is 0 Å². The van der Waals surface area contributed by atoms with Gasteiger partial charge in [-0.05, 0) is 43.9 Å². The van der Waals surface area contributed by atoms with Crippen LogP contribution in [0.5, 0.6) is 0 Å². The number of rotatable bonds is 2. The molecule has 0 aromatic carbocycles. The fourth-order valence-corrected chi connectivity index (χ4v) is 3.72. The second-order valence-electron chi connectivity index (χ2n) is 5.47. The molecule has 0 saturated heterocycles. The van der Waals surface area contributed by atoms with E-state index in [1.165, 1.54) is 25.7 Å². The standard InChI is InChI=1S/C12H19NO/c13-11-9-5-4-8(6-9)10(11)12(14)7-2-1-3-7/h7-11H,1-6,13H2. The molecule has 3 aliphatic carbocycles. The summed E-state index contributed by atoms with van der Waals surface area (Å²) in [7, 11) is 0. The monoisotopic (exact) mass is 193 g/mol. The van der Waals surface area contributed by atoms with E-state index in [0.29, 0.717) is 23.5 Å². The van der Waals surface area contributed by atoms with Crippen LogP contribution < -0.4 is 5.73 Å². The van der Waals surface area contributed by atoms with Crippen LogP contribution in [-0.4, -0.2) is 11.8 Å². The van der Waals surface area contributed by atoms with Crippen molar-refractivity contribution < 1.29 is 4.79 Å². The zero-order chi connectivity index (χ0) is 9.71. The molecule has 4 atom stereocenters. The van der Waals surface area contributed by atoms with Gasteiger partial charge in [0.15, 0.2) is 0 Å². The molecular weight excluding hydrogens is 174 g/mol. The Bertz CT molecular complexity index is 257. The summed E-state index contributed by atoms with van der Waals surface area (Å²) in [5.41, 5.74) is 6.16. The smallest absolute Gasteiger partial charge is 0.140 e. The predicted molar refractivity (Wildman–Crippen MR) is 54.6 cm³/mol. The molecule has 2 heteroatoms. The average Bonchev–Trinajstić information content (AvgIpc) is 2.59. The summed E-state index contributed by atoms with van der Waals surface area (Å²) < 4.78 is 0. The van der Waals surface area contributed by atoms with Crippen molar-refractivity contribution in [3.63, 3.8) is 0 Å². The molecule has 0 spiro atoms. The molecule has 2 nitrogen and oxygen atoms in total. The second-order valence-corrected chi connectivity index (χ2v) is 5.47. The van der Waals surface area contributed by atoms with Gasteiger partial charge in [-0.1, -0.05) is 6.42 Å². The third-order valence-electron chi connectivity index (χ3n) is 4.82. The van der Waals surface area contributed by atoms with E-state index in [-0.39, 0.29) is 12.0 Å². The summed E-state index contributed by atoms with van der Waals surface area (Å²) in [6, 6.07) is 0.210. The van der Waals surface area contributed by atoms with Gasteiger partial charge >= 0.3 is 0 Å². The fourth-order valence-electron chi connectivity index (χ4n) is 3.72. The lowest BCUT2D eigenvalue weighted by Gasteiger charge is -2.33. The zero-order valence-corrected chi connectivity index (χ0v) is 8.61. The molecule has 0 radical (unpaired) electrons. The first kappa shape index (κ1) is 8.90. The van der Waals surface area contributed by atoms with E-state index < -0.39 is 0 Å². The van der Waals surface area contributed by atoms with Gasteiger partial charge in [0.2, 0.25) is 0 Å². The van der Waals surface area contributed by atoms with Crippen molar-refractivity contribution in [3.8, 4) is 0 Å². The van der Waals surface area contributed by atoms with Crippen molar-refractivity contribution in [2.24, 2.45) is 29.4 Å². The molecule has 3 rings (SSSR count). The minimum absolute atomic E-state index is 0.210. The summed E-state index contributed by atoms with van der Waals surface area (Å²) >= 11 is 0. The van der Waals surface area contributed by atoms with E-state index in [0.717, 1.165) is 12.8 Å². The van der Waals surface area contributed by atoms with E-state index in [1.54, 1.807) is 0 Å². The number of nitrogens with two attached hydrogens (primary N) is 1. The number of fused-ring (bicyclic) bond motifs is 2. The molecule has 3 aliphatic rings. The minimum Gasteiger partial charge on any atom is -0.327 e. The third kappa shape index (κ3) is 1.10. The Morgan fingerprint density at radius 3 is 2.29 bits per heavy atom. The van der Waals surface area contributed by atoms with Gasteiger partial charge in [-0.15, -0.1) is 0 Å². The van der Waals surface area contributed by atoms with Crippen molar-refractivity contribution in [1.29, 1.82) is 0 Å². The Labute approximate surface area is 85.2 Å². The maximum atomic E-state index is 12.1. The van der Waals surface area contributed by atoms with Crippen LogP contribution in [0.4, 0.5) is 0 Å². The molecule has 4 unspecified atom stereocenters. The van der Waals surface area contributed by atoms with Gasteiger partial charge in [0, 0.05) is 17.9 Å². The van der Waals surface area contributed by atoms with Gasteiger partial charge in [-0.3, -0.25) is 4.79 Å². The number of carbonyl (C=O) groups is 1. The molecule has 3 saturated carbocycles. The SMILES string of the molecule is NC1C2CCC(C2)C1C(=O)C1CCC1. The highest BCUT2D eigenvalue weighted by Gasteiger charge is 2.50. The Balaban J connectivity index is 1.74. The first-order valence-corrected chi connectivity index (χ1v) is 6.06.